The van der Waals surface area contributed by atoms with Crippen LogP contribution in [0.1, 0.15) is 11.1 Å². The normalized spacial score (nSPS) is 19.1. The molecule has 1 unspecified atom stereocenters. The van der Waals surface area contributed by atoms with Gasteiger partial charge in [-0.25, -0.2) is 0 Å². The topological polar surface area (TPSA) is 50.7 Å². The van der Waals surface area contributed by atoms with Crippen LogP contribution in [0.15, 0.2) is 12.1 Å². The number of aliphatic hydroxyl groups is 1. The van der Waals surface area contributed by atoms with E-state index in [1.54, 1.807) is 14.2 Å². The molecule has 0 aromatic heterocycles. The summed E-state index contributed by atoms with van der Waals surface area (Å²) in [7, 11) is 3.28. The molecule has 0 radical (unpaired) electrons. The number of aliphatic hydroxyl groups excluding tert-OH is 1. The van der Waals surface area contributed by atoms with Gasteiger partial charge in [-0.05, 0) is 18.1 Å². The Bertz CT molecular complexity index is 379. The Morgan fingerprint density at radius 1 is 1.38 bits per heavy atom. The van der Waals surface area contributed by atoms with E-state index in [0.29, 0.717) is 0 Å². The first kappa shape index (κ1) is 11.2. The van der Waals surface area contributed by atoms with Crippen LogP contribution in [0.4, 0.5) is 0 Å². The summed E-state index contributed by atoms with van der Waals surface area (Å²) in [6.07, 6.45) is 0.770. The average molecular weight is 223 g/mol. The molecule has 88 valence electrons. The lowest BCUT2D eigenvalue weighted by Crippen LogP contribution is -2.38. The lowest BCUT2D eigenvalue weighted by atomic mass is 9.95. The largest absolute Gasteiger partial charge is 0.493 e. The minimum atomic E-state index is 0.105. The predicted molar refractivity (Wildman–Crippen MR) is 61.0 cm³/mol. The van der Waals surface area contributed by atoms with Crippen molar-refractivity contribution in [1.29, 1.82) is 0 Å². The lowest BCUT2D eigenvalue weighted by molar-refractivity contribution is 0.233. The monoisotopic (exact) mass is 223 g/mol. The minimum absolute atomic E-state index is 0.105. The molecule has 0 saturated carbocycles. The third kappa shape index (κ3) is 1.86. The SMILES string of the molecule is COc1ccc2c(c1OC)CC(CO)NC2. The van der Waals surface area contributed by atoms with Gasteiger partial charge in [-0.3, -0.25) is 0 Å². The first-order chi connectivity index (χ1) is 7.80. The van der Waals surface area contributed by atoms with Crippen molar-refractivity contribution in [3.63, 3.8) is 0 Å². The van der Waals surface area contributed by atoms with E-state index < -0.39 is 0 Å². The number of methoxy groups -OCH3 is 2. The highest BCUT2D eigenvalue weighted by Gasteiger charge is 2.22. The highest BCUT2D eigenvalue weighted by atomic mass is 16.5. The molecule has 0 aliphatic carbocycles. The van der Waals surface area contributed by atoms with Crippen LogP contribution in [0, 0.1) is 0 Å². The Balaban J connectivity index is 2.41. The van der Waals surface area contributed by atoms with Gasteiger partial charge in [0.2, 0.25) is 0 Å². The maximum Gasteiger partial charge on any atom is 0.164 e. The van der Waals surface area contributed by atoms with Gasteiger partial charge in [-0.2, -0.15) is 0 Å². The van der Waals surface area contributed by atoms with Crippen molar-refractivity contribution in [3.8, 4) is 11.5 Å². The van der Waals surface area contributed by atoms with Crippen LogP contribution in [0.5, 0.6) is 11.5 Å². The number of benzene rings is 1. The third-order valence-corrected chi connectivity index (χ3v) is 3.00. The average Bonchev–Trinajstić information content (AvgIpc) is 2.36. The fourth-order valence-electron chi connectivity index (χ4n) is 2.12. The van der Waals surface area contributed by atoms with Crippen molar-refractivity contribution in [2.75, 3.05) is 20.8 Å². The first-order valence-electron chi connectivity index (χ1n) is 5.37. The van der Waals surface area contributed by atoms with Crippen LogP contribution < -0.4 is 14.8 Å². The Labute approximate surface area is 95.2 Å². The van der Waals surface area contributed by atoms with E-state index in [4.69, 9.17) is 9.47 Å². The zero-order valence-corrected chi connectivity index (χ0v) is 9.62. The molecule has 2 N–H and O–H groups in total. The molecular formula is C12H17NO3. The maximum absolute atomic E-state index is 9.17. The van der Waals surface area contributed by atoms with Gasteiger partial charge >= 0.3 is 0 Å². The minimum Gasteiger partial charge on any atom is -0.493 e. The van der Waals surface area contributed by atoms with Gasteiger partial charge in [0.25, 0.3) is 0 Å². The molecule has 0 amide bonds. The van der Waals surface area contributed by atoms with Crippen molar-refractivity contribution in [2.45, 2.75) is 19.0 Å². The van der Waals surface area contributed by atoms with Gasteiger partial charge in [0.05, 0.1) is 20.8 Å². The summed E-state index contributed by atoms with van der Waals surface area (Å²) in [6, 6.07) is 4.06. The second-order valence-electron chi connectivity index (χ2n) is 3.90. The molecule has 1 heterocycles. The Kier molecular flexibility index (Phi) is 3.31. The second kappa shape index (κ2) is 4.72. The molecule has 1 aliphatic rings. The summed E-state index contributed by atoms with van der Waals surface area (Å²) < 4.78 is 10.7. The highest BCUT2D eigenvalue weighted by Crippen LogP contribution is 2.35. The van der Waals surface area contributed by atoms with Crippen LogP contribution in [-0.4, -0.2) is 32.0 Å². The molecule has 1 aliphatic heterocycles. The molecule has 16 heavy (non-hydrogen) atoms. The van der Waals surface area contributed by atoms with Crippen molar-refractivity contribution in [3.05, 3.63) is 23.3 Å². The molecule has 1 aromatic carbocycles. The van der Waals surface area contributed by atoms with Crippen LogP contribution in [0.25, 0.3) is 0 Å². The van der Waals surface area contributed by atoms with Gasteiger partial charge in [0, 0.05) is 18.2 Å². The van der Waals surface area contributed by atoms with Crippen LogP contribution >= 0.6 is 0 Å². The zero-order valence-electron chi connectivity index (χ0n) is 9.62. The quantitative estimate of drug-likeness (QED) is 0.792. The molecule has 2 rings (SSSR count). The van der Waals surface area contributed by atoms with Crippen LogP contribution in [0.2, 0.25) is 0 Å². The summed E-state index contributed by atoms with van der Waals surface area (Å²) in [5.74, 6) is 1.54. The molecule has 0 spiro atoms. The number of rotatable bonds is 3. The number of ether oxygens (including phenoxy) is 2. The fourth-order valence-corrected chi connectivity index (χ4v) is 2.12. The van der Waals surface area contributed by atoms with Crippen molar-refractivity contribution in [2.24, 2.45) is 0 Å². The Hall–Kier alpha value is -1.26. The Morgan fingerprint density at radius 3 is 2.81 bits per heavy atom. The number of nitrogens with one attached hydrogen (secondary N) is 1. The highest BCUT2D eigenvalue weighted by molar-refractivity contribution is 5.52. The standard InChI is InChI=1S/C12H17NO3/c1-15-11-4-3-8-6-13-9(7-14)5-10(8)12(11)16-2/h3-4,9,13-14H,5-7H2,1-2H3. The molecule has 1 aromatic rings. The molecule has 0 fully saturated rings. The van der Waals surface area contributed by atoms with E-state index >= 15 is 0 Å². The van der Waals surface area contributed by atoms with E-state index in [9.17, 15) is 5.11 Å². The molecule has 4 nitrogen and oxygen atoms in total. The van der Waals surface area contributed by atoms with E-state index in [0.717, 1.165) is 30.0 Å². The third-order valence-electron chi connectivity index (χ3n) is 3.00. The van der Waals surface area contributed by atoms with Gasteiger partial charge in [-0.15, -0.1) is 0 Å². The second-order valence-corrected chi connectivity index (χ2v) is 3.90. The van der Waals surface area contributed by atoms with E-state index in [1.807, 2.05) is 12.1 Å². The van der Waals surface area contributed by atoms with Crippen molar-refractivity contribution < 1.29 is 14.6 Å². The van der Waals surface area contributed by atoms with Gasteiger partial charge in [0.15, 0.2) is 11.5 Å². The first-order valence-corrected chi connectivity index (χ1v) is 5.37. The summed E-state index contributed by atoms with van der Waals surface area (Å²) in [5, 5.41) is 12.4. The van der Waals surface area contributed by atoms with Gasteiger partial charge < -0.3 is 19.9 Å². The van der Waals surface area contributed by atoms with E-state index in [2.05, 4.69) is 5.32 Å². The summed E-state index contributed by atoms with van der Waals surface area (Å²) >= 11 is 0. The van der Waals surface area contributed by atoms with Crippen molar-refractivity contribution in [1.82, 2.24) is 5.32 Å². The molecule has 0 bridgehead atoms. The number of fused-ring (bicyclic) bond motifs is 1. The van der Waals surface area contributed by atoms with Crippen LogP contribution in [0.3, 0.4) is 0 Å². The summed E-state index contributed by atoms with van der Waals surface area (Å²) in [5.41, 5.74) is 2.35. The van der Waals surface area contributed by atoms with Crippen molar-refractivity contribution >= 4 is 0 Å². The fraction of sp³-hybridized carbons (Fsp3) is 0.500. The van der Waals surface area contributed by atoms with Gasteiger partial charge in [-0.1, -0.05) is 6.07 Å². The summed E-state index contributed by atoms with van der Waals surface area (Å²) in [4.78, 5) is 0. The molecule has 4 heteroatoms. The molecule has 1 atom stereocenters. The number of hydrogen-bond donors (Lipinski definition) is 2. The van der Waals surface area contributed by atoms with Gasteiger partial charge in [0.1, 0.15) is 0 Å². The lowest BCUT2D eigenvalue weighted by Gasteiger charge is -2.26. The molecular weight excluding hydrogens is 206 g/mol. The Morgan fingerprint density at radius 2 is 2.19 bits per heavy atom. The number of hydrogen-bond acceptors (Lipinski definition) is 4. The van der Waals surface area contributed by atoms with E-state index in [1.165, 1.54) is 5.56 Å². The molecule has 0 saturated heterocycles. The maximum atomic E-state index is 9.17. The summed E-state index contributed by atoms with van der Waals surface area (Å²) in [6.45, 7) is 0.903. The zero-order chi connectivity index (χ0) is 11.5. The van der Waals surface area contributed by atoms with Crippen LogP contribution in [-0.2, 0) is 13.0 Å². The smallest absolute Gasteiger partial charge is 0.164 e. The van der Waals surface area contributed by atoms with E-state index in [-0.39, 0.29) is 12.6 Å². The predicted octanol–water partition coefficient (Wildman–Crippen LogP) is 0.710.